The Kier molecular flexibility index (Phi) is 2.82. The van der Waals surface area contributed by atoms with E-state index in [2.05, 4.69) is 0 Å². The molecule has 0 radical (unpaired) electrons. The summed E-state index contributed by atoms with van der Waals surface area (Å²) in [5.41, 5.74) is 0.843. The first kappa shape index (κ1) is 10.3. The van der Waals surface area contributed by atoms with E-state index in [1.807, 2.05) is 0 Å². The van der Waals surface area contributed by atoms with Crippen molar-refractivity contribution in [2.75, 3.05) is 7.11 Å². The van der Waals surface area contributed by atoms with Gasteiger partial charge >= 0.3 is 5.97 Å². The molecule has 3 nitrogen and oxygen atoms in total. The Bertz CT molecular complexity index is 389. The molecule has 1 aliphatic rings. The Hall–Kier alpha value is -1.22. The average molecular weight is 227 g/mol. The summed E-state index contributed by atoms with van der Waals surface area (Å²) in [5, 5.41) is 0.619. The van der Waals surface area contributed by atoms with Crippen molar-refractivity contribution in [3.8, 4) is 5.75 Å². The number of ether oxygens (including phenoxy) is 2. The second-order valence-electron chi connectivity index (χ2n) is 3.40. The van der Waals surface area contributed by atoms with E-state index in [1.54, 1.807) is 25.3 Å². The Morgan fingerprint density at radius 2 is 2.33 bits per heavy atom. The molecule has 15 heavy (non-hydrogen) atoms. The number of rotatable bonds is 2. The molecule has 1 heterocycles. The first-order valence-electron chi connectivity index (χ1n) is 4.73. The third-order valence-electron chi connectivity index (χ3n) is 2.42. The van der Waals surface area contributed by atoms with Crippen LogP contribution in [0, 0.1) is 0 Å². The second kappa shape index (κ2) is 4.11. The SMILES string of the molecule is COc1ccc(Cl)cc1C1CCC(=O)O1. The molecule has 1 aromatic rings. The van der Waals surface area contributed by atoms with Gasteiger partial charge in [0.15, 0.2) is 0 Å². The third kappa shape index (κ3) is 2.07. The summed E-state index contributed by atoms with van der Waals surface area (Å²) in [7, 11) is 1.59. The maximum atomic E-state index is 11.0. The molecule has 0 N–H and O–H groups in total. The summed E-state index contributed by atoms with van der Waals surface area (Å²) >= 11 is 5.89. The van der Waals surface area contributed by atoms with Crippen LogP contribution in [0.4, 0.5) is 0 Å². The Labute approximate surface area is 92.9 Å². The number of cyclic esters (lactones) is 1. The molecular formula is C11H11ClO3. The van der Waals surface area contributed by atoms with Gasteiger partial charge in [0.2, 0.25) is 0 Å². The van der Waals surface area contributed by atoms with E-state index >= 15 is 0 Å². The van der Waals surface area contributed by atoms with Crippen molar-refractivity contribution in [2.24, 2.45) is 0 Å². The number of methoxy groups -OCH3 is 1. The predicted octanol–water partition coefficient (Wildman–Crippen LogP) is 2.73. The van der Waals surface area contributed by atoms with Gasteiger partial charge in [0, 0.05) is 17.0 Å². The van der Waals surface area contributed by atoms with Crippen LogP contribution < -0.4 is 4.74 Å². The van der Waals surface area contributed by atoms with E-state index in [-0.39, 0.29) is 12.1 Å². The van der Waals surface area contributed by atoms with Crippen LogP contribution in [0.25, 0.3) is 0 Å². The van der Waals surface area contributed by atoms with Gasteiger partial charge in [-0.2, -0.15) is 0 Å². The average Bonchev–Trinajstić information content (AvgIpc) is 2.65. The molecule has 0 saturated carbocycles. The Morgan fingerprint density at radius 1 is 1.53 bits per heavy atom. The highest BCUT2D eigenvalue weighted by molar-refractivity contribution is 6.30. The smallest absolute Gasteiger partial charge is 0.306 e. The zero-order chi connectivity index (χ0) is 10.8. The van der Waals surface area contributed by atoms with Crippen LogP contribution in [0.3, 0.4) is 0 Å². The molecule has 1 fully saturated rings. The van der Waals surface area contributed by atoms with Gasteiger partial charge in [0.1, 0.15) is 11.9 Å². The molecule has 0 aromatic heterocycles. The Balaban J connectivity index is 2.33. The van der Waals surface area contributed by atoms with Crippen LogP contribution in [0.5, 0.6) is 5.75 Å². The van der Waals surface area contributed by atoms with Crippen molar-refractivity contribution in [3.63, 3.8) is 0 Å². The maximum Gasteiger partial charge on any atom is 0.306 e. The van der Waals surface area contributed by atoms with E-state index in [0.29, 0.717) is 23.6 Å². The molecule has 1 unspecified atom stereocenters. The van der Waals surface area contributed by atoms with Gasteiger partial charge in [-0.15, -0.1) is 0 Å². The highest BCUT2D eigenvalue weighted by atomic mass is 35.5. The first-order valence-corrected chi connectivity index (χ1v) is 5.11. The summed E-state index contributed by atoms with van der Waals surface area (Å²) < 4.78 is 10.4. The van der Waals surface area contributed by atoms with Crippen molar-refractivity contribution < 1.29 is 14.3 Å². The lowest BCUT2D eigenvalue weighted by molar-refractivity contribution is -0.141. The number of hydrogen-bond donors (Lipinski definition) is 0. The molecule has 0 amide bonds. The van der Waals surface area contributed by atoms with Crippen LogP contribution >= 0.6 is 11.6 Å². The minimum atomic E-state index is -0.217. The van der Waals surface area contributed by atoms with Crippen LogP contribution in [0.15, 0.2) is 18.2 Å². The lowest BCUT2D eigenvalue weighted by Crippen LogP contribution is -2.01. The summed E-state index contributed by atoms with van der Waals surface area (Å²) in [4.78, 5) is 11.0. The molecule has 0 bridgehead atoms. The van der Waals surface area contributed by atoms with Gasteiger partial charge < -0.3 is 9.47 Å². The fourth-order valence-corrected chi connectivity index (χ4v) is 1.88. The summed E-state index contributed by atoms with van der Waals surface area (Å²) in [5.74, 6) is 0.543. The number of halogens is 1. The fraction of sp³-hybridized carbons (Fsp3) is 0.364. The van der Waals surface area contributed by atoms with Gasteiger partial charge in [-0.25, -0.2) is 0 Å². The zero-order valence-corrected chi connectivity index (χ0v) is 9.08. The largest absolute Gasteiger partial charge is 0.496 e. The summed E-state index contributed by atoms with van der Waals surface area (Å²) in [6.07, 6.45) is 0.932. The molecule has 1 aromatic carbocycles. The summed E-state index contributed by atoms with van der Waals surface area (Å²) in [6, 6.07) is 5.31. The predicted molar refractivity (Wildman–Crippen MR) is 56.1 cm³/mol. The number of benzene rings is 1. The number of carbonyl (C=O) groups excluding carboxylic acids is 1. The minimum absolute atomic E-state index is 0.165. The molecule has 1 aliphatic heterocycles. The normalized spacial score (nSPS) is 20.1. The topological polar surface area (TPSA) is 35.5 Å². The van der Waals surface area contributed by atoms with Crippen molar-refractivity contribution >= 4 is 17.6 Å². The quantitative estimate of drug-likeness (QED) is 0.728. The van der Waals surface area contributed by atoms with Crippen LogP contribution in [-0.4, -0.2) is 13.1 Å². The van der Waals surface area contributed by atoms with E-state index in [0.717, 1.165) is 5.56 Å². The second-order valence-corrected chi connectivity index (χ2v) is 3.84. The third-order valence-corrected chi connectivity index (χ3v) is 2.66. The molecule has 2 rings (SSSR count). The van der Waals surface area contributed by atoms with Crippen LogP contribution in [0.2, 0.25) is 5.02 Å². The monoisotopic (exact) mass is 226 g/mol. The van der Waals surface area contributed by atoms with Gasteiger partial charge in [0.25, 0.3) is 0 Å². The highest BCUT2D eigenvalue weighted by Crippen LogP contribution is 2.36. The van der Waals surface area contributed by atoms with Gasteiger partial charge in [0.05, 0.1) is 7.11 Å². The van der Waals surface area contributed by atoms with E-state index in [1.165, 1.54) is 0 Å². The van der Waals surface area contributed by atoms with Crippen molar-refractivity contribution in [1.82, 2.24) is 0 Å². The van der Waals surface area contributed by atoms with Gasteiger partial charge in [-0.1, -0.05) is 11.6 Å². The van der Waals surface area contributed by atoms with E-state index in [9.17, 15) is 4.79 Å². The van der Waals surface area contributed by atoms with Gasteiger partial charge in [-0.3, -0.25) is 4.79 Å². The molecule has 0 spiro atoms. The lowest BCUT2D eigenvalue weighted by atomic mass is 10.1. The van der Waals surface area contributed by atoms with Crippen molar-refractivity contribution in [1.29, 1.82) is 0 Å². The molecule has 1 saturated heterocycles. The molecule has 4 heteroatoms. The van der Waals surface area contributed by atoms with Crippen LogP contribution in [0.1, 0.15) is 24.5 Å². The number of esters is 1. The highest BCUT2D eigenvalue weighted by Gasteiger charge is 2.27. The maximum absolute atomic E-state index is 11.0. The standard InChI is InChI=1S/C11H11ClO3/c1-14-9-3-2-7(12)6-8(9)10-4-5-11(13)15-10/h2-3,6,10H,4-5H2,1H3. The van der Waals surface area contributed by atoms with Crippen molar-refractivity contribution in [2.45, 2.75) is 18.9 Å². The zero-order valence-electron chi connectivity index (χ0n) is 8.33. The fourth-order valence-electron chi connectivity index (χ4n) is 1.70. The Morgan fingerprint density at radius 3 is 2.93 bits per heavy atom. The van der Waals surface area contributed by atoms with Crippen molar-refractivity contribution in [3.05, 3.63) is 28.8 Å². The van der Waals surface area contributed by atoms with Crippen LogP contribution in [-0.2, 0) is 9.53 Å². The van der Waals surface area contributed by atoms with Gasteiger partial charge in [-0.05, 0) is 24.6 Å². The summed E-state index contributed by atoms with van der Waals surface area (Å²) in [6.45, 7) is 0. The van der Waals surface area contributed by atoms with E-state index in [4.69, 9.17) is 21.1 Å². The van der Waals surface area contributed by atoms with E-state index < -0.39 is 0 Å². The lowest BCUT2D eigenvalue weighted by Gasteiger charge is -2.13. The number of hydrogen-bond acceptors (Lipinski definition) is 3. The molecular weight excluding hydrogens is 216 g/mol. The molecule has 0 aliphatic carbocycles. The first-order chi connectivity index (χ1) is 7.20. The minimum Gasteiger partial charge on any atom is -0.496 e. The number of carbonyl (C=O) groups is 1. The molecule has 80 valence electrons. The molecule has 1 atom stereocenters.